The van der Waals surface area contributed by atoms with Crippen molar-refractivity contribution in [3.63, 3.8) is 0 Å². The van der Waals surface area contributed by atoms with Gasteiger partial charge in [0.1, 0.15) is 5.82 Å². The predicted molar refractivity (Wildman–Crippen MR) is 127 cm³/mol. The number of nitrogens with one attached hydrogen (secondary N) is 1. The van der Waals surface area contributed by atoms with Crippen LogP contribution in [0.15, 0.2) is 41.5 Å². The molecule has 0 bridgehead atoms. The van der Waals surface area contributed by atoms with Gasteiger partial charge in [-0.1, -0.05) is 13.8 Å². The first-order valence-electron chi connectivity index (χ1n) is 9.44. The van der Waals surface area contributed by atoms with E-state index in [1.54, 1.807) is 16.8 Å². The highest BCUT2D eigenvalue weighted by atomic mass is 127. The zero-order valence-electron chi connectivity index (χ0n) is 16.6. The van der Waals surface area contributed by atoms with Gasteiger partial charge in [0.15, 0.2) is 5.96 Å². The molecule has 1 aliphatic rings. The Balaban J connectivity index is 0.00000280. The standard InChI is InChI=1S/C20H28FN5S.HI/c1-15(2)19-14-25(12-13-27-19)20(22-3)23-10-8-17-9-11-26(24-17)18-6-4-16(21)5-7-18;/h4-7,9,11,15,19H,8,10,12-14H2,1-3H3,(H,22,23);1H. The van der Waals surface area contributed by atoms with Crippen LogP contribution in [0.25, 0.3) is 5.69 Å². The molecule has 1 fully saturated rings. The van der Waals surface area contributed by atoms with Gasteiger partial charge >= 0.3 is 0 Å². The third-order valence-corrected chi connectivity index (χ3v) is 6.29. The Bertz CT molecular complexity index is 762. The number of hydrogen-bond acceptors (Lipinski definition) is 3. The fraction of sp³-hybridized carbons (Fsp3) is 0.500. The second kappa shape index (κ2) is 11.0. The smallest absolute Gasteiger partial charge is 0.193 e. The van der Waals surface area contributed by atoms with E-state index in [2.05, 4.69) is 45.9 Å². The molecule has 0 spiro atoms. The van der Waals surface area contributed by atoms with E-state index < -0.39 is 0 Å². The van der Waals surface area contributed by atoms with Crippen LogP contribution in [0.1, 0.15) is 19.5 Å². The van der Waals surface area contributed by atoms with Crippen molar-refractivity contribution < 1.29 is 4.39 Å². The average Bonchev–Trinajstić information content (AvgIpc) is 3.15. The molecule has 1 saturated heterocycles. The fourth-order valence-corrected chi connectivity index (χ4v) is 4.44. The van der Waals surface area contributed by atoms with Crippen molar-refractivity contribution in [2.75, 3.05) is 32.4 Å². The Morgan fingerprint density at radius 3 is 2.75 bits per heavy atom. The normalized spacial score (nSPS) is 17.5. The Morgan fingerprint density at radius 1 is 1.32 bits per heavy atom. The molecular weight excluding hydrogens is 488 g/mol. The quantitative estimate of drug-likeness (QED) is 0.372. The van der Waals surface area contributed by atoms with Gasteiger partial charge in [0.2, 0.25) is 0 Å². The van der Waals surface area contributed by atoms with Gasteiger partial charge in [-0.3, -0.25) is 4.99 Å². The van der Waals surface area contributed by atoms with E-state index in [-0.39, 0.29) is 29.8 Å². The van der Waals surface area contributed by atoms with Crippen LogP contribution in [0.2, 0.25) is 0 Å². The van der Waals surface area contributed by atoms with E-state index in [0.29, 0.717) is 11.2 Å². The average molecular weight is 517 g/mol. The van der Waals surface area contributed by atoms with Crippen molar-refractivity contribution in [2.45, 2.75) is 25.5 Å². The molecule has 2 aromatic rings. The van der Waals surface area contributed by atoms with E-state index in [1.807, 2.05) is 19.3 Å². The van der Waals surface area contributed by atoms with Crippen LogP contribution in [-0.2, 0) is 6.42 Å². The molecule has 0 amide bonds. The Kier molecular flexibility index (Phi) is 9.07. The number of aliphatic imine (C=N–C) groups is 1. The molecule has 1 atom stereocenters. The summed E-state index contributed by atoms with van der Waals surface area (Å²) >= 11 is 2.06. The predicted octanol–water partition coefficient (Wildman–Crippen LogP) is 3.82. The molecule has 154 valence electrons. The molecule has 0 aliphatic carbocycles. The fourth-order valence-electron chi connectivity index (χ4n) is 3.14. The molecule has 1 aromatic heterocycles. The summed E-state index contributed by atoms with van der Waals surface area (Å²) in [7, 11) is 1.84. The Hall–Kier alpha value is -1.29. The van der Waals surface area contributed by atoms with E-state index in [4.69, 9.17) is 0 Å². The highest BCUT2D eigenvalue weighted by molar-refractivity contribution is 14.0. The molecule has 0 radical (unpaired) electrons. The zero-order valence-corrected chi connectivity index (χ0v) is 19.8. The first kappa shape index (κ1) is 23.0. The van der Waals surface area contributed by atoms with Crippen molar-refractivity contribution >= 4 is 41.7 Å². The largest absolute Gasteiger partial charge is 0.356 e. The summed E-state index contributed by atoms with van der Waals surface area (Å²) in [6.07, 6.45) is 2.72. The van der Waals surface area contributed by atoms with Crippen LogP contribution in [0.3, 0.4) is 0 Å². The minimum atomic E-state index is -0.238. The third-order valence-electron chi connectivity index (χ3n) is 4.75. The number of rotatable bonds is 5. The van der Waals surface area contributed by atoms with Gasteiger partial charge in [-0.05, 0) is 36.2 Å². The number of aromatic nitrogens is 2. The number of benzene rings is 1. The second-order valence-electron chi connectivity index (χ2n) is 7.05. The van der Waals surface area contributed by atoms with Crippen LogP contribution in [-0.4, -0.2) is 58.3 Å². The lowest BCUT2D eigenvalue weighted by Gasteiger charge is -2.36. The minimum absolute atomic E-state index is 0. The number of thioether (sulfide) groups is 1. The summed E-state index contributed by atoms with van der Waals surface area (Å²) in [5, 5.41) is 8.71. The van der Waals surface area contributed by atoms with E-state index in [9.17, 15) is 4.39 Å². The summed E-state index contributed by atoms with van der Waals surface area (Å²) < 4.78 is 14.8. The highest BCUT2D eigenvalue weighted by Gasteiger charge is 2.24. The molecule has 8 heteroatoms. The minimum Gasteiger partial charge on any atom is -0.356 e. The summed E-state index contributed by atoms with van der Waals surface area (Å²) in [6.45, 7) is 7.43. The lowest BCUT2D eigenvalue weighted by atomic mass is 10.1. The van der Waals surface area contributed by atoms with Gasteiger partial charge in [-0.15, -0.1) is 24.0 Å². The van der Waals surface area contributed by atoms with Crippen LogP contribution in [0.5, 0.6) is 0 Å². The van der Waals surface area contributed by atoms with Crippen molar-refractivity contribution in [1.82, 2.24) is 20.0 Å². The first-order chi connectivity index (χ1) is 13.1. The number of guanidine groups is 1. The van der Waals surface area contributed by atoms with Gasteiger partial charge in [-0.25, -0.2) is 9.07 Å². The SMILES string of the molecule is CN=C(NCCc1ccn(-c2ccc(F)cc2)n1)N1CCSC(C(C)C)C1.I. The topological polar surface area (TPSA) is 45.5 Å². The molecule has 1 aliphatic heterocycles. The van der Waals surface area contributed by atoms with Crippen molar-refractivity contribution in [3.8, 4) is 5.69 Å². The molecule has 1 N–H and O–H groups in total. The summed E-state index contributed by atoms with van der Waals surface area (Å²) in [5.41, 5.74) is 1.86. The molecule has 1 aromatic carbocycles. The van der Waals surface area contributed by atoms with E-state index in [1.165, 1.54) is 12.1 Å². The Morgan fingerprint density at radius 2 is 2.07 bits per heavy atom. The van der Waals surface area contributed by atoms with E-state index >= 15 is 0 Å². The van der Waals surface area contributed by atoms with Crippen LogP contribution in [0, 0.1) is 11.7 Å². The summed E-state index contributed by atoms with van der Waals surface area (Å²) in [6, 6.07) is 8.35. The van der Waals surface area contributed by atoms with Gasteiger partial charge in [-0.2, -0.15) is 16.9 Å². The number of hydrogen-bond donors (Lipinski definition) is 1. The maximum absolute atomic E-state index is 13.1. The number of halogens is 2. The van der Waals surface area contributed by atoms with Crippen molar-refractivity contribution in [1.29, 1.82) is 0 Å². The summed E-state index contributed by atoms with van der Waals surface area (Å²) in [4.78, 5) is 6.82. The summed E-state index contributed by atoms with van der Waals surface area (Å²) in [5.74, 6) is 2.55. The molecular formula is C20H29FIN5S. The maximum atomic E-state index is 13.1. The van der Waals surface area contributed by atoms with Crippen molar-refractivity contribution in [3.05, 3.63) is 48.0 Å². The molecule has 2 heterocycles. The van der Waals surface area contributed by atoms with Crippen LogP contribution < -0.4 is 5.32 Å². The van der Waals surface area contributed by atoms with Crippen molar-refractivity contribution in [2.24, 2.45) is 10.9 Å². The maximum Gasteiger partial charge on any atom is 0.193 e. The van der Waals surface area contributed by atoms with Gasteiger partial charge in [0.25, 0.3) is 0 Å². The first-order valence-corrected chi connectivity index (χ1v) is 10.5. The van der Waals surface area contributed by atoms with Gasteiger partial charge < -0.3 is 10.2 Å². The molecule has 3 rings (SSSR count). The zero-order chi connectivity index (χ0) is 19.2. The lowest BCUT2D eigenvalue weighted by molar-refractivity contribution is 0.381. The molecule has 0 saturated carbocycles. The number of nitrogens with zero attached hydrogens (tertiary/aromatic N) is 4. The van der Waals surface area contributed by atoms with E-state index in [0.717, 1.165) is 49.1 Å². The molecule has 5 nitrogen and oxygen atoms in total. The highest BCUT2D eigenvalue weighted by Crippen LogP contribution is 2.24. The van der Waals surface area contributed by atoms with Gasteiger partial charge in [0.05, 0.1) is 11.4 Å². The Labute approximate surface area is 188 Å². The van der Waals surface area contributed by atoms with Crippen LogP contribution >= 0.6 is 35.7 Å². The van der Waals surface area contributed by atoms with Gasteiger partial charge in [0, 0.05) is 50.3 Å². The van der Waals surface area contributed by atoms with Crippen LogP contribution in [0.4, 0.5) is 4.39 Å². The lowest BCUT2D eigenvalue weighted by Crippen LogP contribution is -2.49. The second-order valence-corrected chi connectivity index (χ2v) is 8.40. The molecule has 1 unspecified atom stereocenters. The molecule has 28 heavy (non-hydrogen) atoms. The third kappa shape index (κ3) is 6.10. The monoisotopic (exact) mass is 517 g/mol.